The first-order chi connectivity index (χ1) is 11.5. The third-order valence-electron chi connectivity index (χ3n) is 3.05. The highest BCUT2D eigenvalue weighted by Crippen LogP contribution is 2.38. The number of ether oxygens (including phenoxy) is 2. The molecule has 0 atom stereocenters. The molecular formula is C17H15BrFNO4. The summed E-state index contributed by atoms with van der Waals surface area (Å²) in [7, 11) is 0. The molecule has 0 N–H and O–H groups in total. The van der Waals surface area contributed by atoms with E-state index in [1.165, 1.54) is 12.1 Å². The SMILES string of the molecule is CCOc1cc(/C=C/[N+](=O)[O-])cc(Br)c1OCc1ccccc1F. The van der Waals surface area contributed by atoms with Crippen molar-refractivity contribution in [2.75, 3.05) is 6.61 Å². The third kappa shape index (κ3) is 4.79. The molecule has 0 aliphatic carbocycles. The van der Waals surface area contributed by atoms with Gasteiger partial charge in [0.15, 0.2) is 11.5 Å². The maximum atomic E-state index is 13.7. The molecule has 2 rings (SSSR count). The van der Waals surface area contributed by atoms with Crippen LogP contribution >= 0.6 is 15.9 Å². The Morgan fingerprint density at radius 2 is 2.04 bits per heavy atom. The molecular weight excluding hydrogens is 381 g/mol. The first-order valence-electron chi connectivity index (χ1n) is 7.15. The summed E-state index contributed by atoms with van der Waals surface area (Å²) in [5, 5.41) is 10.4. The molecule has 0 aromatic heterocycles. The molecule has 0 saturated carbocycles. The second-order valence-electron chi connectivity index (χ2n) is 4.74. The van der Waals surface area contributed by atoms with Crippen molar-refractivity contribution < 1.29 is 18.8 Å². The van der Waals surface area contributed by atoms with Gasteiger partial charge in [-0.15, -0.1) is 0 Å². The van der Waals surface area contributed by atoms with E-state index in [1.807, 2.05) is 6.92 Å². The fourth-order valence-electron chi connectivity index (χ4n) is 2.00. The van der Waals surface area contributed by atoms with Crippen LogP contribution in [0.15, 0.2) is 47.1 Å². The lowest BCUT2D eigenvalue weighted by Gasteiger charge is -2.15. The molecule has 7 heteroatoms. The highest BCUT2D eigenvalue weighted by atomic mass is 79.9. The minimum Gasteiger partial charge on any atom is -0.490 e. The van der Waals surface area contributed by atoms with Crippen molar-refractivity contribution in [3.8, 4) is 11.5 Å². The molecule has 0 radical (unpaired) electrons. The van der Waals surface area contributed by atoms with E-state index in [4.69, 9.17) is 9.47 Å². The summed E-state index contributed by atoms with van der Waals surface area (Å²) in [4.78, 5) is 9.90. The molecule has 2 aromatic carbocycles. The van der Waals surface area contributed by atoms with Crippen LogP contribution in [0.25, 0.3) is 6.08 Å². The smallest absolute Gasteiger partial charge is 0.235 e. The summed E-state index contributed by atoms with van der Waals surface area (Å²) in [6, 6.07) is 9.63. The fourth-order valence-corrected chi connectivity index (χ4v) is 2.57. The van der Waals surface area contributed by atoms with Crippen LogP contribution in [0.5, 0.6) is 11.5 Å². The fraction of sp³-hybridized carbons (Fsp3) is 0.176. The summed E-state index contributed by atoms with van der Waals surface area (Å²) in [5.41, 5.74) is 1.00. The van der Waals surface area contributed by atoms with E-state index in [0.29, 0.717) is 33.7 Å². The molecule has 0 bridgehead atoms. The Kier molecular flexibility index (Phi) is 6.31. The first-order valence-corrected chi connectivity index (χ1v) is 7.94. The van der Waals surface area contributed by atoms with Crippen molar-refractivity contribution in [3.05, 3.63) is 74.1 Å². The van der Waals surface area contributed by atoms with Gasteiger partial charge in [0, 0.05) is 11.6 Å². The van der Waals surface area contributed by atoms with Gasteiger partial charge >= 0.3 is 0 Å². The monoisotopic (exact) mass is 395 g/mol. The number of nitro groups is 1. The maximum Gasteiger partial charge on any atom is 0.235 e. The summed E-state index contributed by atoms with van der Waals surface area (Å²) in [6.45, 7) is 2.24. The van der Waals surface area contributed by atoms with Crippen molar-refractivity contribution in [2.45, 2.75) is 13.5 Å². The molecule has 0 heterocycles. The lowest BCUT2D eigenvalue weighted by atomic mass is 10.2. The van der Waals surface area contributed by atoms with Crippen LogP contribution in [0.3, 0.4) is 0 Å². The summed E-state index contributed by atoms with van der Waals surface area (Å²) in [5.74, 6) is 0.488. The van der Waals surface area contributed by atoms with Gasteiger partial charge in [-0.25, -0.2) is 4.39 Å². The van der Waals surface area contributed by atoms with Crippen LogP contribution in [0.4, 0.5) is 4.39 Å². The largest absolute Gasteiger partial charge is 0.490 e. The minimum atomic E-state index is -0.545. The summed E-state index contributed by atoms with van der Waals surface area (Å²) < 4.78 is 25.5. The van der Waals surface area contributed by atoms with E-state index in [9.17, 15) is 14.5 Å². The molecule has 0 aliphatic rings. The van der Waals surface area contributed by atoms with E-state index in [0.717, 1.165) is 6.20 Å². The summed E-state index contributed by atoms with van der Waals surface area (Å²) in [6.07, 6.45) is 2.20. The molecule has 2 aromatic rings. The number of benzene rings is 2. The Morgan fingerprint density at radius 3 is 2.71 bits per heavy atom. The van der Waals surface area contributed by atoms with E-state index in [1.54, 1.807) is 30.3 Å². The predicted octanol–water partition coefficient (Wildman–Crippen LogP) is 4.81. The van der Waals surface area contributed by atoms with Gasteiger partial charge in [-0.1, -0.05) is 18.2 Å². The van der Waals surface area contributed by atoms with Gasteiger partial charge in [-0.2, -0.15) is 0 Å². The quantitative estimate of drug-likeness (QED) is 0.498. The van der Waals surface area contributed by atoms with Crippen molar-refractivity contribution in [3.63, 3.8) is 0 Å². The molecule has 126 valence electrons. The molecule has 0 unspecified atom stereocenters. The van der Waals surface area contributed by atoms with Gasteiger partial charge in [-0.05, 0) is 46.6 Å². The number of rotatable bonds is 7. The molecule has 0 amide bonds. The molecule has 0 saturated heterocycles. The topological polar surface area (TPSA) is 61.6 Å². The normalized spacial score (nSPS) is 10.8. The second kappa shape index (κ2) is 8.44. The van der Waals surface area contributed by atoms with Crippen LogP contribution in [-0.2, 0) is 6.61 Å². The van der Waals surface area contributed by atoms with E-state index >= 15 is 0 Å². The zero-order valence-electron chi connectivity index (χ0n) is 12.9. The lowest BCUT2D eigenvalue weighted by molar-refractivity contribution is -0.400. The van der Waals surface area contributed by atoms with Gasteiger partial charge in [0.05, 0.1) is 16.0 Å². The Hall–Kier alpha value is -2.41. The van der Waals surface area contributed by atoms with E-state index in [2.05, 4.69) is 15.9 Å². The van der Waals surface area contributed by atoms with Gasteiger partial charge in [0.1, 0.15) is 12.4 Å². The molecule has 0 spiro atoms. The molecule has 24 heavy (non-hydrogen) atoms. The number of nitrogens with zero attached hydrogens (tertiary/aromatic N) is 1. The zero-order chi connectivity index (χ0) is 17.5. The van der Waals surface area contributed by atoms with Crippen LogP contribution in [0, 0.1) is 15.9 Å². The Morgan fingerprint density at radius 1 is 1.29 bits per heavy atom. The average Bonchev–Trinajstić information content (AvgIpc) is 2.54. The van der Waals surface area contributed by atoms with Gasteiger partial charge in [0.2, 0.25) is 6.20 Å². The Balaban J connectivity index is 2.27. The van der Waals surface area contributed by atoms with Crippen LogP contribution in [-0.4, -0.2) is 11.5 Å². The number of hydrogen-bond donors (Lipinski definition) is 0. The van der Waals surface area contributed by atoms with Crippen molar-refractivity contribution in [1.29, 1.82) is 0 Å². The van der Waals surface area contributed by atoms with Gasteiger partial charge in [-0.3, -0.25) is 10.1 Å². The van der Waals surface area contributed by atoms with Gasteiger partial charge < -0.3 is 9.47 Å². The highest BCUT2D eigenvalue weighted by molar-refractivity contribution is 9.10. The predicted molar refractivity (Wildman–Crippen MR) is 92.1 cm³/mol. The van der Waals surface area contributed by atoms with E-state index < -0.39 is 4.92 Å². The highest BCUT2D eigenvalue weighted by Gasteiger charge is 2.13. The third-order valence-corrected chi connectivity index (χ3v) is 3.64. The molecule has 5 nitrogen and oxygen atoms in total. The van der Waals surface area contributed by atoms with Crippen LogP contribution in [0.2, 0.25) is 0 Å². The lowest BCUT2D eigenvalue weighted by Crippen LogP contribution is -2.02. The van der Waals surface area contributed by atoms with Gasteiger partial charge in [0.25, 0.3) is 0 Å². The zero-order valence-corrected chi connectivity index (χ0v) is 14.5. The van der Waals surface area contributed by atoms with Crippen molar-refractivity contribution in [2.24, 2.45) is 0 Å². The molecule has 0 aliphatic heterocycles. The first kappa shape index (κ1) is 17.9. The average molecular weight is 396 g/mol. The second-order valence-corrected chi connectivity index (χ2v) is 5.60. The summed E-state index contributed by atoms with van der Waals surface area (Å²) >= 11 is 3.36. The van der Waals surface area contributed by atoms with E-state index in [-0.39, 0.29) is 12.4 Å². The van der Waals surface area contributed by atoms with Crippen molar-refractivity contribution in [1.82, 2.24) is 0 Å². The maximum absolute atomic E-state index is 13.7. The molecule has 0 fully saturated rings. The van der Waals surface area contributed by atoms with Crippen molar-refractivity contribution >= 4 is 22.0 Å². The number of halogens is 2. The minimum absolute atomic E-state index is 0.0371. The van der Waals surface area contributed by atoms with Crippen LogP contribution < -0.4 is 9.47 Å². The Labute approximate surface area is 147 Å². The Bertz CT molecular complexity index is 764. The standard InChI is InChI=1S/C17H15BrFNO4/c1-2-23-16-10-12(7-8-20(21)22)9-14(18)17(16)24-11-13-5-3-4-6-15(13)19/h3-10H,2,11H2,1H3/b8-7+. The van der Waals surface area contributed by atoms with Crippen LogP contribution in [0.1, 0.15) is 18.1 Å². The number of hydrogen-bond acceptors (Lipinski definition) is 4.